The molecule has 0 aliphatic heterocycles. The number of halogens is 3. The number of benzene rings is 2. The second-order valence-corrected chi connectivity index (χ2v) is 7.13. The number of alkyl halides is 3. The Morgan fingerprint density at radius 3 is 2.30 bits per heavy atom. The van der Waals surface area contributed by atoms with E-state index in [1.165, 1.54) is 42.5 Å². The predicted molar refractivity (Wildman–Crippen MR) is 91.6 cm³/mol. The number of ether oxygens (including phenoxy) is 1. The zero-order valence-corrected chi connectivity index (χ0v) is 15.0. The normalized spacial score (nSPS) is 11.9. The third-order valence-electron chi connectivity index (χ3n) is 3.40. The fourth-order valence-corrected chi connectivity index (χ4v) is 3.25. The van der Waals surface area contributed by atoms with Gasteiger partial charge in [-0.2, -0.15) is 0 Å². The molecule has 0 unspecified atom stereocenters. The number of carbonyl (C=O) groups is 1. The zero-order chi connectivity index (χ0) is 20.1. The van der Waals surface area contributed by atoms with Gasteiger partial charge in [0.1, 0.15) is 5.75 Å². The predicted octanol–water partition coefficient (Wildman–Crippen LogP) is 2.81. The van der Waals surface area contributed by atoms with Crippen molar-refractivity contribution in [3.8, 4) is 5.75 Å². The van der Waals surface area contributed by atoms with Crippen molar-refractivity contribution in [1.82, 2.24) is 10.0 Å². The van der Waals surface area contributed by atoms with Crippen molar-refractivity contribution in [2.75, 3.05) is 6.54 Å². The molecule has 6 nitrogen and oxygen atoms in total. The molecular weight excluding hydrogens is 385 g/mol. The van der Waals surface area contributed by atoms with Crippen LogP contribution in [0.1, 0.15) is 22.8 Å². The summed E-state index contributed by atoms with van der Waals surface area (Å²) in [4.78, 5) is 12.2. The molecule has 1 amide bonds. The fraction of sp³-hybridized carbons (Fsp3) is 0.235. The van der Waals surface area contributed by atoms with Crippen LogP contribution in [-0.2, 0) is 16.6 Å². The Balaban J connectivity index is 2.07. The molecule has 27 heavy (non-hydrogen) atoms. The van der Waals surface area contributed by atoms with Crippen molar-refractivity contribution in [2.45, 2.75) is 24.7 Å². The molecule has 146 valence electrons. The minimum absolute atomic E-state index is 0.00447. The zero-order valence-electron chi connectivity index (χ0n) is 14.2. The highest BCUT2D eigenvalue weighted by Crippen LogP contribution is 2.26. The van der Waals surface area contributed by atoms with Crippen LogP contribution in [0.5, 0.6) is 5.75 Å². The summed E-state index contributed by atoms with van der Waals surface area (Å²) in [6.07, 6.45) is -4.84. The molecule has 10 heteroatoms. The van der Waals surface area contributed by atoms with Gasteiger partial charge in [-0.05, 0) is 30.3 Å². The molecule has 0 spiro atoms. The maximum atomic E-state index is 12.4. The SMILES string of the molecule is CCNS(=O)(=O)c1ccc(C(=O)NCc2ccccc2OC(F)(F)F)cc1. The van der Waals surface area contributed by atoms with Crippen LogP contribution in [0.4, 0.5) is 13.2 Å². The summed E-state index contributed by atoms with van der Waals surface area (Å²) >= 11 is 0. The Labute approximate surface area is 154 Å². The lowest BCUT2D eigenvalue weighted by molar-refractivity contribution is -0.274. The maximum Gasteiger partial charge on any atom is 0.573 e. The van der Waals surface area contributed by atoms with Crippen molar-refractivity contribution in [2.24, 2.45) is 0 Å². The van der Waals surface area contributed by atoms with Crippen LogP contribution in [0, 0.1) is 0 Å². The van der Waals surface area contributed by atoms with Crippen LogP contribution in [0.2, 0.25) is 0 Å². The highest BCUT2D eigenvalue weighted by molar-refractivity contribution is 7.89. The maximum absolute atomic E-state index is 12.4. The average molecular weight is 402 g/mol. The molecular formula is C17H17F3N2O4S. The number of carbonyl (C=O) groups excluding carboxylic acids is 1. The smallest absolute Gasteiger partial charge is 0.405 e. The Kier molecular flexibility index (Phi) is 6.45. The van der Waals surface area contributed by atoms with Gasteiger partial charge in [0, 0.05) is 24.2 Å². The van der Waals surface area contributed by atoms with E-state index in [0.717, 1.165) is 6.07 Å². The highest BCUT2D eigenvalue weighted by Gasteiger charge is 2.32. The number of amides is 1. The summed E-state index contributed by atoms with van der Waals surface area (Å²) < 4.78 is 67.2. The number of para-hydroxylation sites is 1. The van der Waals surface area contributed by atoms with Crippen molar-refractivity contribution in [3.63, 3.8) is 0 Å². The van der Waals surface area contributed by atoms with Crippen molar-refractivity contribution in [1.29, 1.82) is 0 Å². The number of sulfonamides is 1. The average Bonchev–Trinajstić information content (AvgIpc) is 2.59. The van der Waals surface area contributed by atoms with E-state index in [0.29, 0.717) is 0 Å². The van der Waals surface area contributed by atoms with Gasteiger partial charge < -0.3 is 10.1 Å². The summed E-state index contributed by atoms with van der Waals surface area (Å²) in [5.41, 5.74) is 0.314. The van der Waals surface area contributed by atoms with Gasteiger partial charge in [-0.15, -0.1) is 13.2 Å². The lowest BCUT2D eigenvalue weighted by atomic mass is 10.2. The number of hydrogen-bond acceptors (Lipinski definition) is 4. The Morgan fingerprint density at radius 1 is 1.07 bits per heavy atom. The molecule has 0 heterocycles. The summed E-state index contributed by atoms with van der Waals surface area (Å²) in [6.45, 7) is 1.67. The Morgan fingerprint density at radius 2 is 1.70 bits per heavy atom. The first-order valence-electron chi connectivity index (χ1n) is 7.84. The second-order valence-electron chi connectivity index (χ2n) is 5.36. The third kappa shape index (κ3) is 5.97. The van der Waals surface area contributed by atoms with E-state index < -0.39 is 28.0 Å². The third-order valence-corrected chi connectivity index (χ3v) is 4.96. The van der Waals surface area contributed by atoms with E-state index in [9.17, 15) is 26.4 Å². The first-order valence-corrected chi connectivity index (χ1v) is 9.32. The van der Waals surface area contributed by atoms with Gasteiger partial charge in [0.15, 0.2) is 0 Å². The molecule has 0 saturated heterocycles. The molecule has 2 aromatic rings. The van der Waals surface area contributed by atoms with E-state index in [2.05, 4.69) is 14.8 Å². The number of hydrogen-bond donors (Lipinski definition) is 2. The van der Waals surface area contributed by atoms with Gasteiger partial charge in [-0.25, -0.2) is 13.1 Å². The van der Waals surface area contributed by atoms with Gasteiger partial charge in [-0.1, -0.05) is 25.1 Å². The first kappa shape index (κ1) is 20.7. The number of rotatable bonds is 7. The molecule has 2 N–H and O–H groups in total. The largest absolute Gasteiger partial charge is 0.573 e. The van der Waals surface area contributed by atoms with Gasteiger partial charge in [-0.3, -0.25) is 4.79 Å². The topological polar surface area (TPSA) is 84.5 Å². The minimum Gasteiger partial charge on any atom is -0.405 e. The lowest BCUT2D eigenvalue weighted by Gasteiger charge is -2.13. The van der Waals surface area contributed by atoms with Gasteiger partial charge in [0.2, 0.25) is 10.0 Å². The van der Waals surface area contributed by atoms with E-state index in [-0.39, 0.29) is 29.1 Å². The van der Waals surface area contributed by atoms with Crippen LogP contribution in [0.3, 0.4) is 0 Å². The molecule has 0 radical (unpaired) electrons. The van der Waals surface area contributed by atoms with E-state index in [1.54, 1.807) is 6.92 Å². The Hall–Kier alpha value is -2.59. The fourth-order valence-electron chi connectivity index (χ4n) is 2.21. The molecule has 0 aromatic heterocycles. The van der Waals surface area contributed by atoms with Crippen LogP contribution in [0.25, 0.3) is 0 Å². The molecule has 2 rings (SSSR count). The molecule has 0 aliphatic rings. The van der Waals surface area contributed by atoms with Crippen molar-refractivity contribution in [3.05, 3.63) is 59.7 Å². The number of nitrogens with one attached hydrogen (secondary N) is 2. The van der Waals surface area contributed by atoms with E-state index in [1.807, 2.05) is 0 Å². The summed E-state index contributed by atoms with van der Waals surface area (Å²) in [7, 11) is -3.64. The second kappa shape index (κ2) is 8.40. The van der Waals surface area contributed by atoms with Crippen molar-refractivity contribution < 1.29 is 31.1 Å². The monoisotopic (exact) mass is 402 g/mol. The summed E-state index contributed by atoms with van der Waals surface area (Å²) in [5, 5.41) is 2.47. The lowest BCUT2D eigenvalue weighted by Crippen LogP contribution is -2.25. The van der Waals surface area contributed by atoms with Crippen molar-refractivity contribution >= 4 is 15.9 Å². The van der Waals surface area contributed by atoms with Crippen LogP contribution in [-0.4, -0.2) is 27.2 Å². The van der Waals surface area contributed by atoms with Gasteiger partial charge in [0.25, 0.3) is 5.91 Å². The first-order chi connectivity index (χ1) is 12.6. The van der Waals surface area contributed by atoms with E-state index in [4.69, 9.17) is 0 Å². The molecule has 0 atom stereocenters. The standard InChI is InChI=1S/C17H17F3N2O4S/c1-2-22-27(24,25)14-9-7-12(8-10-14)16(23)21-11-13-5-3-4-6-15(13)26-17(18,19)20/h3-10,22H,2,11H2,1H3,(H,21,23). The molecule has 2 aromatic carbocycles. The van der Waals surface area contributed by atoms with Crippen LogP contribution < -0.4 is 14.8 Å². The van der Waals surface area contributed by atoms with Gasteiger partial charge >= 0.3 is 6.36 Å². The summed E-state index contributed by atoms with van der Waals surface area (Å²) in [6, 6.07) is 10.6. The molecule has 0 fully saturated rings. The highest BCUT2D eigenvalue weighted by atomic mass is 32.2. The molecule has 0 bridgehead atoms. The summed E-state index contributed by atoms with van der Waals surface area (Å²) in [5.74, 6) is -0.971. The van der Waals surface area contributed by atoms with Crippen LogP contribution in [0.15, 0.2) is 53.4 Å². The van der Waals surface area contributed by atoms with E-state index >= 15 is 0 Å². The quantitative estimate of drug-likeness (QED) is 0.746. The minimum atomic E-state index is -4.84. The Bertz CT molecular complexity index is 897. The van der Waals surface area contributed by atoms with Crippen LogP contribution >= 0.6 is 0 Å². The van der Waals surface area contributed by atoms with Gasteiger partial charge in [0.05, 0.1) is 4.90 Å². The molecule has 0 saturated carbocycles. The molecule has 0 aliphatic carbocycles.